The standard InChI is InChI=1S/C25H19N3O5S/c1-27(23-14-13-22-24-20(23)3-2-4-21(24)25(29)26-22)15-16-5-9-18(10-6-16)34(32,33)19-11-7-17(8-12-19)28(30)31/h2-14H,15H2,1H3,(H,26,29). The van der Waals surface area contributed by atoms with Crippen molar-refractivity contribution < 1.29 is 18.1 Å². The Morgan fingerprint density at radius 3 is 2.21 bits per heavy atom. The van der Waals surface area contributed by atoms with Gasteiger partial charge in [0.15, 0.2) is 0 Å². The fraction of sp³-hybridized carbons (Fsp3) is 0.0800. The smallest absolute Gasteiger partial charge is 0.269 e. The average molecular weight is 474 g/mol. The molecule has 1 amide bonds. The lowest BCUT2D eigenvalue weighted by molar-refractivity contribution is -0.384. The van der Waals surface area contributed by atoms with Crippen molar-refractivity contribution in [3.05, 3.63) is 100 Å². The summed E-state index contributed by atoms with van der Waals surface area (Å²) in [5, 5.41) is 15.6. The van der Waals surface area contributed by atoms with Gasteiger partial charge in [0.05, 0.1) is 14.7 Å². The van der Waals surface area contributed by atoms with Crippen molar-refractivity contribution >= 4 is 43.6 Å². The molecule has 0 aromatic heterocycles. The van der Waals surface area contributed by atoms with Gasteiger partial charge in [-0.15, -0.1) is 0 Å². The van der Waals surface area contributed by atoms with Gasteiger partial charge in [-0.1, -0.05) is 24.3 Å². The maximum Gasteiger partial charge on any atom is 0.269 e. The highest BCUT2D eigenvalue weighted by Gasteiger charge is 2.23. The largest absolute Gasteiger partial charge is 0.370 e. The van der Waals surface area contributed by atoms with Crippen molar-refractivity contribution in [3.8, 4) is 0 Å². The fourth-order valence-electron chi connectivity index (χ4n) is 4.22. The summed E-state index contributed by atoms with van der Waals surface area (Å²) >= 11 is 0. The molecule has 1 heterocycles. The minimum atomic E-state index is -3.79. The number of nitro benzene ring substituents is 1. The summed E-state index contributed by atoms with van der Waals surface area (Å²) < 4.78 is 25.8. The second-order valence-corrected chi connectivity index (χ2v) is 10.0. The average Bonchev–Trinajstić information content (AvgIpc) is 3.16. The van der Waals surface area contributed by atoms with Crippen LogP contribution in [0.2, 0.25) is 0 Å². The monoisotopic (exact) mass is 473 g/mol. The van der Waals surface area contributed by atoms with E-state index in [1.165, 1.54) is 36.4 Å². The highest BCUT2D eigenvalue weighted by molar-refractivity contribution is 7.91. The predicted octanol–water partition coefficient (Wildman–Crippen LogP) is 4.78. The third-order valence-electron chi connectivity index (χ3n) is 5.93. The molecule has 0 aliphatic carbocycles. The summed E-state index contributed by atoms with van der Waals surface area (Å²) in [6, 6.07) is 20.9. The van der Waals surface area contributed by atoms with Crippen LogP contribution in [0.1, 0.15) is 15.9 Å². The second kappa shape index (κ2) is 7.96. The van der Waals surface area contributed by atoms with Crippen molar-refractivity contribution in [2.24, 2.45) is 0 Å². The van der Waals surface area contributed by atoms with E-state index in [9.17, 15) is 23.3 Å². The number of hydrogen-bond acceptors (Lipinski definition) is 6. The third kappa shape index (κ3) is 3.56. The number of amides is 1. The number of benzene rings is 4. The Hall–Kier alpha value is -4.24. The Balaban J connectivity index is 1.39. The van der Waals surface area contributed by atoms with Gasteiger partial charge in [0.25, 0.3) is 11.6 Å². The lowest BCUT2D eigenvalue weighted by Gasteiger charge is -2.22. The molecular weight excluding hydrogens is 454 g/mol. The van der Waals surface area contributed by atoms with Crippen molar-refractivity contribution in [1.82, 2.24) is 0 Å². The molecule has 1 aliphatic heterocycles. The molecule has 8 nitrogen and oxygen atoms in total. The minimum Gasteiger partial charge on any atom is -0.370 e. The topological polar surface area (TPSA) is 110 Å². The van der Waals surface area contributed by atoms with Crippen LogP contribution in [-0.2, 0) is 16.4 Å². The molecule has 0 spiro atoms. The Morgan fingerprint density at radius 2 is 1.56 bits per heavy atom. The quantitative estimate of drug-likeness (QED) is 0.319. The van der Waals surface area contributed by atoms with Gasteiger partial charge >= 0.3 is 0 Å². The van der Waals surface area contributed by atoms with Gasteiger partial charge in [-0.2, -0.15) is 0 Å². The summed E-state index contributed by atoms with van der Waals surface area (Å²) in [6.45, 7) is 0.526. The zero-order valence-electron chi connectivity index (χ0n) is 18.1. The number of hydrogen-bond donors (Lipinski definition) is 1. The lowest BCUT2D eigenvalue weighted by atomic mass is 10.0. The highest BCUT2D eigenvalue weighted by atomic mass is 32.2. The number of carbonyl (C=O) groups is 1. The van der Waals surface area contributed by atoms with E-state index in [4.69, 9.17) is 0 Å². The maximum atomic E-state index is 12.9. The van der Waals surface area contributed by atoms with E-state index in [2.05, 4.69) is 5.32 Å². The molecule has 0 atom stereocenters. The summed E-state index contributed by atoms with van der Waals surface area (Å²) in [5.74, 6) is -0.106. The lowest BCUT2D eigenvalue weighted by Crippen LogP contribution is -2.16. The number of anilines is 2. The van der Waals surface area contributed by atoms with E-state index >= 15 is 0 Å². The number of nitrogens with one attached hydrogen (secondary N) is 1. The van der Waals surface area contributed by atoms with Gasteiger partial charge in [0.2, 0.25) is 9.84 Å². The SMILES string of the molecule is CN(Cc1ccc(S(=O)(=O)c2ccc([N+](=O)[O-])cc2)cc1)c1ccc2c3c(cccc13)C(=O)N2. The maximum absolute atomic E-state index is 12.9. The summed E-state index contributed by atoms with van der Waals surface area (Å²) in [5.41, 5.74) is 3.15. The van der Waals surface area contributed by atoms with Crippen LogP contribution >= 0.6 is 0 Å². The molecule has 0 bridgehead atoms. The van der Waals surface area contributed by atoms with E-state index in [-0.39, 0.29) is 21.4 Å². The molecule has 9 heteroatoms. The predicted molar refractivity (Wildman–Crippen MR) is 129 cm³/mol. The number of non-ortho nitro benzene ring substituents is 1. The Labute approximate surface area is 195 Å². The molecule has 5 rings (SSSR count). The van der Waals surface area contributed by atoms with Crippen LogP contribution in [-0.4, -0.2) is 26.3 Å². The van der Waals surface area contributed by atoms with E-state index in [0.29, 0.717) is 12.1 Å². The molecule has 170 valence electrons. The molecule has 34 heavy (non-hydrogen) atoms. The Bertz CT molecular complexity index is 1560. The molecule has 1 N–H and O–H groups in total. The van der Waals surface area contributed by atoms with Gasteiger partial charge < -0.3 is 10.2 Å². The summed E-state index contributed by atoms with van der Waals surface area (Å²) in [6.07, 6.45) is 0. The zero-order chi connectivity index (χ0) is 24.0. The molecule has 0 radical (unpaired) electrons. The number of carbonyl (C=O) groups excluding carboxylic acids is 1. The van der Waals surface area contributed by atoms with Gasteiger partial charge in [0, 0.05) is 53.4 Å². The number of rotatable bonds is 6. The van der Waals surface area contributed by atoms with Crippen LogP contribution in [0.4, 0.5) is 17.1 Å². The third-order valence-corrected chi connectivity index (χ3v) is 7.72. The molecule has 0 fully saturated rings. The first-order valence-corrected chi connectivity index (χ1v) is 11.9. The van der Waals surface area contributed by atoms with Crippen LogP contribution in [0, 0.1) is 10.1 Å². The second-order valence-electron chi connectivity index (χ2n) is 8.07. The van der Waals surface area contributed by atoms with Crippen molar-refractivity contribution in [1.29, 1.82) is 0 Å². The van der Waals surface area contributed by atoms with Crippen LogP contribution in [0.25, 0.3) is 10.8 Å². The first-order chi connectivity index (χ1) is 16.3. The van der Waals surface area contributed by atoms with Gasteiger partial charge in [-0.25, -0.2) is 8.42 Å². The molecule has 0 unspecified atom stereocenters. The van der Waals surface area contributed by atoms with E-state index < -0.39 is 14.8 Å². The molecular formula is C25H19N3O5S. The number of nitrogens with zero attached hydrogens (tertiary/aromatic N) is 2. The van der Waals surface area contributed by atoms with Crippen molar-refractivity contribution in [2.75, 3.05) is 17.3 Å². The van der Waals surface area contributed by atoms with Crippen molar-refractivity contribution in [2.45, 2.75) is 16.3 Å². The highest BCUT2D eigenvalue weighted by Crippen LogP contribution is 2.38. The molecule has 1 aliphatic rings. The molecule has 0 saturated carbocycles. The zero-order valence-corrected chi connectivity index (χ0v) is 18.9. The molecule has 0 saturated heterocycles. The van der Waals surface area contributed by atoms with Crippen LogP contribution in [0.3, 0.4) is 0 Å². The Kier molecular flexibility index (Phi) is 5.06. The van der Waals surface area contributed by atoms with Gasteiger partial charge in [-0.3, -0.25) is 14.9 Å². The summed E-state index contributed by atoms with van der Waals surface area (Å²) in [7, 11) is -1.85. The summed E-state index contributed by atoms with van der Waals surface area (Å²) in [4.78, 5) is 24.6. The van der Waals surface area contributed by atoms with Crippen LogP contribution in [0.5, 0.6) is 0 Å². The van der Waals surface area contributed by atoms with Crippen LogP contribution < -0.4 is 10.2 Å². The Morgan fingerprint density at radius 1 is 0.912 bits per heavy atom. The van der Waals surface area contributed by atoms with E-state index in [0.717, 1.165) is 27.7 Å². The van der Waals surface area contributed by atoms with Crippen molar-refractivity contribution in [3.63, 3.8) is 0 Å². The van der Waals surface area contributed by atoms with Crippen LogP contribution in [0.15, 0.2) is 88.7 Å². The fourth-order valence-corrected chi connectivity index (χ4v) is 5.48. The van der Waals surface area contributed by atoms with E-state index in [1.807, 2.05) is 42.3 Å². The van der Waals surface area contributed by atoms with Gasteiger partial charge in [0.1, 0.15) is 0 Å². The normalized spacial score (nSPS) is 12.6. The van der Waals surface area contributed by atoms with Gasteiger partial charge in [-0.05, 0) is 48.0 Å². The van der Waals surface area contributed by atoms with E-state index in [1.54, 1.807) is 12.1 Å². The first-order valence-electron chi connectivity index (χ1n) is 10.4. The number of nitro groups is 1. The number of sulfone groups is 1. The minimum absolute atomic E-state index is 0.000916. The molecule has 4 aromatic rings. The molecule has 4 aromatic carbocycles. The first kappa shape index (κ1) is 21.6.